The van der Waals surface area contributed by atoms with Crippen LogP contribution in [0.4, 0.5) is 0 Å². The summed E-state index contributed by atoms with van der Waals surface area (Å²) in [5.74, 6) is 1.21. The highest BCUT2D eigenvalue weighted by Gasteiger charge is 2.25. The molecule has 0 saturated carbocycles. The van der Waals surface area contributed by atoms with Crippen LogP contribution in [0.25, 0.3) is 0 Å². The molecule has 8 nitrogen and oxygen atoms in total. The molecule has 0 unspecified atom stereocenters. The molecule has 1 aliphatic rings. The molecule has 9 heteroatoms. The van der Waals surface area contributed by atoms with Crippen molar-refractivity contribution in [3.8, 4) is 0 Å². The lowest BCUT2D eigenvalue weighted by atomic mass is 10.3. The number of rotatable bonds is 7. The number of carbonyl (C=O) groups is 1. The second-order valence-corrected chi connectivity index (χ2v) is 6.93. The van der Waals surface area contributed by atoms with E-state index in [1.807, 2.05) is 24.1 Å². The number of furan rings is 1. The lowest BCUT2D eigenvalue weighted by Gasteiger charge is -2.36. The van der Waals surface area contributed by atoms with E-state index in [0.717, 1.165) is 38.4 Å². The average molecular weight is 527 g/mol. The largest absolute Gasteiger partial charge is 0.459 e. The molecule has 3 rings (SSSR count). The number of nitrogens with one attached hydrogen (secondary N) is 1. The van der Waals surface area contributed by atoms with Crippen molar-refractivity contribution >= 4 is 35.8 Å². The van der Waals surface area contributed by atoms with Crippen LogP contribution in [0.3, 0.4) is 0 Å². The monoisotopic (exact) mass is 527 g/mol. The van der Waals surface area contributed by atoms with E-state index in [2.05, 4.69) is 10.2 Å². The van der Waals surface area contributed by atoms with E-state index in [9.17, 15) is 9.59 Å². The Kier molecular flexibility index (Phi) is 9.92. The van der Waals surface area contributed by atoms with Gasteiger partial charge in [0.15, 0.2) is 11.7 Å². The zero-order valence-electron chi connectivity index (χ0n) is 17.3. The number of hydrogen-bond acceptors (Lipinski definition) is 4. The molecule has 0 aromatic carbocycles. The fraction of sp³-hybridized carbons (Fsp3) is 0.476. The van der Waals surface area contributed by atoms with Crippen LogP contribution in [0.15, 0.2) is 57.0 Å². The van der Waals surface area contributed by atoms with Gasteiger partial charge >= 0.3 is 0 Å². The van der Waals surface area contributed by atoms with Gasteiger partial charge in [0.1, 0.15) is 0 Å². The molecule has 2 aromatic rings. The lowest BCUT2D eigenvalue weighted by Crippen LogP contribution is -2.53. The molecule has 1 N–H and O–H groups in total. The Balaban J connectivity index is 0.00000320. The van der Waals surface area contributed by atoms with Gasteiger partial charge in [-0.1, -0.05) is 6.07 Å². The number of hydrogen-bond donors (Lipinski definition) is 1. The van der Waals surface area contributed by atoms with Gasteiger partial charge in [-0.15, -0.1) is 24.0 Å². The van der Waals surface area contributed by atoms with Crippen molar-refractivity contribution in [3.05, 3.63) is 58.9 Å². The molecule has 0 bridgehead atoms. The van der Waals surface area contributed by atoms with Crippen molar-refractivity contribution in [1.82, 2.24) is 19.7 Å². The number of unbranched alkanes of at least 4 members (excludes halogenated alkanes) is 1. The molecule has 30 heavy (non-hydrogen) atoms. The first kappa shape index (κ1) is 24.0. The third-order valence-electron chi connectivity index (χ3n) is 4.90. The zero-order chi connectivity index (χ0) is 20.5. The molecule has 2 aromatic heterocycles. The number of pyridine rings is 1. The van der Waals surface area contributed by atoms with Crippen molar-refractivity contribution in [1.29, 1.82) is 0 Å². The highest BCUT2D eigenvalue weighted by Crippen LogP contribution is 2.09. The van der Waals surface area contributed by atoms with Crippen molar-refractivity contribution in [2.45, 2.75) is 26.3 Å². The molecular weight excluding hydrogens is 497 g/mol. The molecule has 3 heterocycles. The summed E-state index contributed by atoms with van der Waals surface area (Å²) in [7, 11) is 0. The maximum absolute atomic E-state index is 12.4. The first-order valence-electron chi connectivity index (χ1n) is 10.2. The predicted molar refractivity (Wildman–Crippen MR) is 128 cm³/mol. The van der Waals surface area contributed by atoms with Gasteiger partial charge in [0, 0.05) is 58.1 Å². The lowest BCUT2D eigenvalue weighted by molar-refractivity contribution is 0.0657. The number of aliphatic imine (C=N–C) groups is 1. The minimum Gasteiger partial charge on any atom is -0.459 e. The highest BCUT2D eigenvalue weighted by atomic mass is 127. The van der Waals surface area contributed by atoms with Crippen molar-refractivity contribution < 1.29 is 9.21 Å². The summed E-state index contributed by atoms with van der Waals surface area (Å²) in [4.78, 5) is 32.8. The van der Waals surface area contributed by atoms with Gasteiger partial charge in [-0.2, -0.15) is 0 Å². The van der Waals surface area contributed by atoms with Gasteiger partial charge < -0.3 is 24.1 Å². The van der Waals surface area contributed by atoms with Gasteiger partial charge in [-0.05, 0) is 38.0 Å². The third-order valence-corrected chi connectivity index (χ3v) is 4.90. The van der Waals surface area contributed by atoms with E-state index in [1.165, 1.54) is 6.26 Å². The van der Waals surface area contributed by atoms with Gasteiger partial charge in [0.2, 0.25) is 5.56 Å². The number of aromatic nitrogens is 1. The maximum atomic E-state index is 12.4. The Morgan fingerprint density at radius 3 is 2.53 bits per heavy atom. The first-order chi connectivity index (χ1) is 14.2. The Morgan fingerprint density at radius 1 is 1.10 bits per heavy atom. The van der Waals surface area contributed by atoms with Crippen LogP contribution < -0.4 is 10.9 Å². The van der Waals surface area contributed by atoms with Crippen LogP contribution >= 0.6 is 24.0 Å². The fourth-order valence-electron chi connectivity index (χ4n) is 3.33. The van der Waals surface area contributed by atoms with Crippen LogP contribution in [0, 0.1) is 0 Å². The molecule has 1 amide bonds. The normalized spacial score (nSPS) is 14.4. The van der Waals surface area contributed by atoms with Crippen LogP contribution in [-0.2, 0) is 6.54 Å². The molecule has 0 spiro atoms. The van der Waals surface area contributed by atoms with Crippen molar-refractivity contribution in [3.63, 3.8) is 0 Å². The smallest absolute Gasteiger partial charge is 0.289 e. The van der Waals surface area contributed by atoms with Crippen LogP contribution in [0.1, 0.15) is 30.3 Å². The number of nitrogens with zero attached hydrogens (tertiary/aromatic N) is 4. The summed E-state index contributed by atoms with van der Waals surface area (Å²) in [6.07, 6.45) is 5.15. The van der Waals surface area contributed by atoms with E-state index in [4.69, 9.17) is 9.41 Å². The molecule has 1 fully saturated rings. The number of amides is 1. The summed E-state index contributed by atoms with van der Waals surface area (Å²) >= 11 is 0. The SMILES string of the molecule is CCNC(=NCCCCn1ccccc1=O)N1CCN(C(=O)c2ccco2)CC1.I. The molecule has 164 valence electrons. The number of piperazine rings is 1. The number of halogens is 1. The second-order valence-electron chi connectivity index (χ2n) is 6.93. The summed E-state index contributed by atoms with van der Waals surface area (Å²) in [6, 6.07) is 8.64. The topological polar surface area (TPSA) is 83.1 Å². The summed E-state index contributed by atoms with van der Waals surface area (Å²) < 4.78 is 6.94. The van der Waals surface area contributed by atoms with E-state index in [-0.39, 0.29) is 35.4 Å². The number of aryl methyl sites for hydroxylation is 1. The van der Waals surface area contributed by atoms with E-state index in [0.29, 0.717) is 31.9 Å². The summed E-state index contributed by atoms with van der Waals surface area (Å²) in [5, 5.41) is 3.34. The van der Waals surface area contributed by atoms with Crippen LogP contribution in [0.2, 0.25) is 0 Å². The third kappa shape index (κ3) is 6.61. The second kappa shape index (κ2) is 12.4. The molecular formula is C21H30IN5O3. The minimum atomic E-state index is -0.0623. The standard InChI is InChI=1S/C21H29N5O3.HI/c1-2-22-21(23-10-4-6-12-24-11-5-3-9-19(24)27)26-15-13-25(14-16-26)20(28)18-8-7-17-29-18;/h3,5,7-9,11,17H,2,4,6,10,12-16H2,1H3,(H,22,23);1H. The molecule has 0 atom stereocenters. The van der Waals surface area contributed by atoms with Crippen LogP contribution in [-0.4, -0.2) is 65.5 Å². The zero-order valence-corrected chi connectivity index (χ0v) is 19.7. The Labute approximate surface area is 194 Å². The Morgan fingerprint density at radius 2 is 1.87 bits per heavy atom. The van der Waals surface area contributed by atoms with Gasteiger partial charge in [-0.3, -0.25) is 14.6 Å². The number of guanidine groups is 1. The minimum absolute atomic E-state index is 0. The quantitative estimate of drug-likeness (QED) is 0.259. The van der Waals surface area contributed by atoms with E-state index in [1.54, 1.807) is 28.8 Å². The molecule has 0 aliphatic carbocycles. The number of carbonyl (C=O) groups excluding carboxylic acids is 1. The first-order valence-corrected chi connectivity index (χ1v) is 10.2. The summed E-state index contributed by atoms with van der Waals surface area (Å²) in [5.41, 5.74) is 0.0336. The molecule has 1 aliphatic heterocycles. The Bertz CT molecular complexity index is 858. The van der Waals surface area contributed by atoms with E-state index < -0.39 is 0 Å². The Hall–Kier alpha value is -2.30. The van der Waals surface area contributed by atoms with Gasteiger partial charge in [-0.25, -0.2) is 0 Å². The van der Waals surface area contributed by atoms with Crippen molar-refractivity contribution in [2.24, 2.45) is 4.99 Å². The fourth-order valence-corrected chi connectivity index (χ4v) is 3.33. The van der Waals surface area contributed by atoms with Crippen LogP contribution in [0.5, 0.6) is 0 Å². The van der Waals surface area contributed by atoms with Crippen molar-refractivity contribution in [2.75, 3.05) is 39.3 Å². The van der Waals surface area contributed by atoms with E-state index >= 15 is 0 Å². The average Bonchev–Trinajstić information content (AvgIpc) is 3.28. The van der Waals surface area contributed by atoms with Gasteiger partial charge in [0.25, 0.3) is 5.91 Å². The van der Waals surface area contributed by atoms with Gasteiger partial charge in [0.05, 0.1) is 6.26 Å². The molecule has 0 radical (unpaired) electrons. The highest BCUT2D eigenvalue weighted by molar-refractivity contribution is 14.0. The summed E-state index contributed by atoms with van der Waals surface area (Å²) in [6.45, 7) is 7.00. The molecule has 1 saturated heterocycles. The predicted octanol–water partition coefficient (Wildman–Crippen LogP) is 2.26. The maximum Gasteiger partial charge on any atom is 0.289 e.